The Kier molecular flexibility index (Phi) is 5.08. The van der Waals surface area contributed by atoms with E-state index in [0.717, 1.165) is 0 Å². The number of carbonyl (C=O) groups excluding carboxylic acids is 1. The van der Waals surface area contributed by atoms with E-state index in [4.69, 9.17) is 16.7 Å². The summed E-state index contributed by atoms with van der Waals surface area (Å²) in [6.45, 7) is 0. The van der Waals surface area contributed by atoms with E-state index in [0.29, 0.717) is 22.0 Å². The van der Waals surface area contributed by atoms with E-state index in [-0.39, 0.29) is 10.8 Å². The van der Waals surface area contributed by atoms with Gasteiger partial charge in [-0.1, -0.05) is 29.8 Å². The lowest BCUT2D eigenvalue weighted by atomic mass is 10.1. The fraction of sp³-hybridized carbons (Fsp3) is 0. The molecular formula is C19H15ClN2O3S. The third-order valence-electron chi connectivity index (χ3n) is 3.73. The summed E-state index contributed by atoms with van der Waals surface area (Å²) < 4.78 is 22.9. The van der Waals surface area contributed by atoms with E-state index in [9.17, 15) is 13.2 Å². The van der Waals surface area contributed by atoms with Crippen LogP contribution in [0.4, 0.5) is 11.4 Å². The molecule has 3 rings (SSSR count). The second kappa shape index (κ2) is 7.29. The van der Waals surface area contributed by atoms with Gasteiger partial charge in [0.1, 0.15) is 0 Å². The van der Waals surface area contributed by atoms with Crippen LogP contribution in [0.1, 0.15) is 10.4 Å². The van der Waals surface area contributed by atoms with Crippen molar-refractivity contribution in [1.29, 1.82) is 0 Å². The van der Waals surface area contributed by atoms with Gasteiger partial charge in [0.2, 0.25) is 10.0 Å². The lowest BCUT2D eigenvalue weighted by Crippen LogP contribution is -2.26. The third-order valence-corrected chi connectivity index (χ3v) is 4.91. The average Bonchev–Trinajstić information content (AvgIpc) is 2.64. The standard InChI is InChI=1S/C19H15ClN2O3S/c20-15-6-8-16(9-7-15)22(19(23)14-4-2-1-3-5-14)17-10-12-18(13-11-17)26(21,24)25/h1-13H,(H2,21,24,25). The number of carbonyl (C=O) groups is 1. The molecule has 0 saturated heterocycles. The molecule has 0 aliphatic rings. The van der Waals surface area contributed by atoms with E-state index in [1.165, 1.54) is 29.2 Å². The molecule has 0 saturated carbocycles. The van der Waals surface area contributed by atoms with E-state index in [2.05, 4.69) is 0 Å². The van der Waals surface area contributed by atoms with Crippen LogP contribution in [0.5, 0.6) is 0 Å². The summed E-state index contributed by atoms with van der Waals surface area (Å²) in [5.74, 6) is -0.253. The summed E-state index contributed by atoms with van der Waals surface area (Å²) in [5, 5.41) is 5.69. The molecule has 0 atom stereocenters. The second-order valence-corrected chi connectivity index (χ2v) is 7.52. The fourth-order valence-corrected chi connectivity index (χ4v) is 3.11. The van der Waals surface area contributed by atoms with Gasteiger partial charge in [0.05, 0.1) is 4.90 Å². The maximum absolute atomic E-state index is 13.1. The summed E-state index contributed by atoms with van der Waals surface area (Å²) in [7, 11) is -3.81. The van der Waals surface area contributed by atoms with Crippen molar-refractivity contribution < 1.29 is 13.2 Å². The Morgan fingerprint density at radius 1 is 0.808 bits per heavy atom. The minimum absolute atomic E-state index is 0.0236. The van der Waals surface area contributed by atoms with E-state index < -0.39 is 10.0 Å². The molecule has 7 heteroatoms. The summed E-state index contributed by atoms with van der Waals surface area (Å²) in [6, 6.07) is 21.4. The maximum Gasteiger partial charge on any atom is 0.262 e. The molecule has 5 nitrogen and oxygen atoms in total. The summed E-state index contributed by atoms with van der Waals surface area (Å²) in [4.78, 5) is 14.5. The van der Waals surface area contributed by atoms with Crippen molar-refractivity contribution in [3.8, 4) is 0 Å². The molecule has 26 heavy (non-hydrogen) atoms. The number of hydrogen-bond acceptors (Lipinski definition) is 3. The number of rotatable bonds is 4. The van der Waals surface area contributed by atoms with Crippen molar-refractivity contribution in [2.45, 2.75) is 4.90 Å². The molecule has 0 aromatic heterocycles. The van der Waals surface area contributed by atoms with Gasteiger partial charge in [-0.15, -0.1) is 0 Å². The van der Waals surface area contributed by atoms with Gasteiger partial charge in [-0.05, 0) is 60.7 Å². The summed E-state index contributed by atoms with van der Waals surface area (Å²) in [5.41, 5.74) is 1.61. The largest absolute Gasteiger partial charge is 0.277 e. The van der Waals surface area contributed by atoms with Crippen LogP contribution in [0.3, 0.4) is 0 Å². The highest BCUT2D eigenvalue weighted by molar-refractivity contribution is 7.89. The van der Waals surface area contributed by atoms with Gasteiger partial charge in [-0.3, -0.25) is 9.69 Å². The lowest BCUT2D eigenvalue weighted by molar-refractivity contribution is 0.0999. The Morgan fingerprint density at radius 3 is 1.81 bits per heavy atom. The van der Waals surface area contributed by atoms with Gasteiger partial charge >= 0.3 is 0 Å². The van der Waals surface area contributed by atoms with Crippen molar-refractivity contribution >= 4 is 38.9 Å². The third kappa shape index (κ3) is 3.94. The summed E-state index contributed by atoms with van der Waals surface area (Å²) >= 11 is 5.95. The van der Waals surface area contributed by atoms with Crippen molar-refractivity contribution in [2.75, 3.05) is 4.90 Å². The Bertz CT molecular complexity index is 1020. The molecule has 132 valence electrons. The molecular weight excluding hydrogens is 372 g/mol. The number of amides is 1. The first-order valence-electron chi connectivity index (χ1n) is 7.64. The SMILES string of the molecule is NS(=O)(=O)c1ccc(N(C(=O)c2ccccc2)c2ccc(Cl)cc2)cc1. The van der Waals surface area contributed by atoms with Gasteiger partial charge in [-0.25, -0.2) is 13.6 Å². The van der Waals surface area contributed by atoms with Crippen molar-refractivity contribution in [2.24, 2.45) is 5.14 Å². The zero-order chi connectivity index (χ0) is 18.7. The molecule has 0 fully saturated rings. The van der Waals surface area contributed by atoms with Crippen LogP contribution in [0, 0.1) is 0 Å². The molecule has 0 spiro atoms. The van der Waals surface area contributed by atoms with Crippen LogP contribution >= 0.6 is 11.6 Å². The minimum atomic E-state index is -3.81. The quantitative estimate of drug-likeness (QED) is 0.736. The molecule has 3 aromatic rings. The van der Waals surface area contributed by atoms with Crippen molar-refractivity contribution in [3.05, 3.63) is 89.4 Å². The number of sulfonamides is 1. The smallest absolute Gasteiger partial charge is 0.262 e. The first-order chi connectivity index (χ1) is 12.4. The first kappa shape index (κ1) is 18.1. The van der Waals surface area contributed by atoms with Crippen molar-refractivity contribution in [1.82, 2.24) is 0 Å². The molecule has 1 amide bonds. The number of nitrogens with two attached hydrogens (primary N) is 1. The molecule has 3 aromatic carbocycles. The molecule has 0 bridgehead atoms. The highest BCUT2D eigenvalue weighted by Gasteiger charge is 2.20. The number of halogens is 1. The van der Waals surface area contributed by atoms with Gasteiger partial charge in [-0.2, -0.15) is 0 Å². The second-order valence-electron chi connectivity index (χ2n) is 5.52. The Labute approximate surface area is 156 Å². The zero-order valence-electron chi connectivity index (χ0n) is 13.5. The predicted molar refractivity (Wildman–Crippen MR) is 102 cm³/mol. The summed E-state index contributed by atoms with van der Waals surface area (Å²) in [6.07, 6.45) is 0. The molecule has 0 aliphatic heterocycles. The highest BCUT2D eigenvalue weighted by Crippen LogP contribution is 2.29. The topological polar surface area (TPSA) is 80.5 Å². The normalized spacial score (nSPS) is 11.2. The first-order valence-corrected chi connectivity index (χ1v) is 9.56. The van der Waals surface area contributed by atoms with Crippen LogP contribution in [0.15, 0.2) is 83.8 Å². The van der Waals surface area contributed by atoms with Crippen LogP contribution < -0.4 is 10.0 Å². The number of anilines is 2. The van der Waals surface area contributed by atoms with Crippen LogP contribution in [-0.4, -0.2) is 14.3 Å². The van der Waals surface area contributed by atoms with Gasteiger partial charge < -0.3 is 0 Å². The highest BCUT2D eigenvalue weighted by atomic mass is 35.5. The number of benzene rings is 3. The predicted octanol–water partition coefficient (Wildman–Crippen LogP) is 3.97. The Hall–Kier alpha value is -2.67. The van der Waals surface area contributed by atoms with Crippen molar-refractivity contribution in [3.63, 3.8) is 0 Å². The van der Waals surface area contributed by atoms with Crippen LogP contribution in [0.2, 0.25) is 5.02 Å². The lowest BCUT2D eigenvalue weighted by Gasteiger charge is -2.23. The zero-order valence-corrected chi connectivity index (χ0v) is 15.1. The molecule has 2 N–H and O–H groups in total. The van der Waals surface area contributed by atoms with E-state index in [1.54, 1.807) is 48.5 Å². The van der Waals surface area contributed by atoms with E-state index >= 15 is 0 Å². The fourth-order valence-electron chi connectivity index (χ4n) is 2.47. The Balaban J connectivity index is 2.09. The minimum Gasteiger partial charge on any atom is -0.277 e. The number of hydrogen-bond donors (Lipinski definition) is 1. The molecule has 0 radical (unpaired) electrons. The van der Waals surface area contributed by atoms with Gasteiger partial charge in [0.25, 0.3) is 5.91 Å². The van der Waals surface area contributed by atoms with E-state index in [1.807, 2.05) is 6.07 Å². The monoisotopic (exact) mass is 386 g/mol. The number of nitrogens with zero attached hydrogens (tertiary/aromatic N) is 1. The van der Waals surface area contributed by atoms with Crippen LogP contribution in [-0.2, 0) is 10.0 Å². The molecule has 0 heterocycles. The van der Waals surface area contributed by atoms with Crippen LogP contribution in [0.25, 0.3) is 0 Å². The molecule has 0 unspecified atom stereocenters. The van der Waals surface area contributed by atoms with Gasteiger partial charge in [0.15, 0.2) is 0 Å². The Morgan fingerprint density at radius 2 is 1.31 bits per heavy atom. The maximum atomic E-state index is 13.1. The van der Waals surface area contributed by atoms with Gasteiger partial charge in [0, 0.05) is 22.0 Å². The number of primary sulfonamides is 1. The molecule has 0 aliphatic carbocycles. The average molecular weight is 387 g/mol.